The molecule has 0 aliphatic rings. The first kappa shape index (κ1) is 21.7. The predicted octanol–water partition coefficient (Wildman–Crippen LogP) is 3.71. The van der Waals surface area contributed by atoms with E-state index < -0.39 is 23.6 Å². The summed E-state index contributed by atoms with van der Waals surface area (Å²) in [5.74, 6) is -1.87. The Morgan fingerprint density at radius 2 is 1.81 bits per heavy atom. The smallest absolute Gasteiger partial charge is 0.341 e. The minimum atomic E-state index is -0.602. The third-order valence-corrected chi connectivity index (χ3v) is 4.41. The minimum Gasteiger partial charge on any atom is -0.462 e. The van der Waals surface area contributed by atoms with E-state index in [0.29, 0.717) is 28.2 Å². The highest BCUT2D eigenvalue weighted by molar-refractivity contribution is 6.04. The van der Waals surface area contributed by atoms with Crippen molar-refractivity contribution in [2.45, 2.75) is 20.8 Å². The van der Waals surface area contributed by atoms with E-state index in [4.69, 9.17) is 4.74 Å². The van der Waals surface area contributed by atoms with Crippen molar-refractivity contribution in [3.05, 3.63) is 71.3 Å². The van der Waals surface area contributed by atoms with E-state index in [2.05, 4.69) is 15.7 Å². The number of anilines is 2. The molecule has 0 atom stereocenters. The van der Waals surface area contributed by atoms with E-state index in [1.165, 1.54) is 25.3 Å². The number of halogens is 1. The standard InChI is InChI=1S/C22H21FN4O4/c1-4-31-22(30)18-12-24-27(13(18)2)17-8-5-15(6-9-17)21(29)26-16-7-10-19(23)20(11-16)25-14(3)28/h5-12H,4H2,1-3H3,(H,25,28)(H,26,29). The zero-order chi connectivity index (χ0) is 22.5. The highest BCUT2D eigenvalue weighted by atomic mass is 19.1. The van der Waals surface area contributed by atoms with Crippen LogP contribution in [0.15, 0.2) is 48.7 Å². The van der Waals surface area contributed by atoms with Gasteiger partial charge in [0.25, 0.3) is 5.91 Å². The van der Waals surface area contributed by atoms with Gasteiger partial charge in [-0.15, -0.1) is 0 Å². The summed E-state index contributed by atoms with van der Waals surface area (Å²) in [5, 5.41) is 9.25. The van der Waals surface area contributed by atoms with Crippen molar-refractivity contribution >= 4 is 29.2 Å². The normalized spacial score (nSPS) is 10.5. The molecule has 0 aliphatic heterocycles. The van der Waals surface area contributed by atoms with Gasteiger partial charge in [0.15, 0.2) is 0 Å². The molecule has 3 rings (SSSR count). The van der Waals surface area contributed by atoms with Crippen LogP contribution in [0, 0.1) is 12.7 Å². The second kappa shape index (κ2) is 9.21. The van der Waals surface area contributed by atoms with Crippen LogP contribution in [0.25, 0.3) is 5.69 Å². The summed E-state index contributed by atoms with van der Waals surface area (Å²) in [5.41, 5.74) is 2.33. The number of esters is 1. The van der Waals surface area contributed by atoms with Gasteiger partial charge in [0.05, 0.1) is 29.9 Å². The number of amides is 2. The minimum absolute atomic E-state index is 0.0211. The molecule has 31 heavy (non-hydrogen) atoms. The predicted molar refractivity (Wildman–Crippen MR) is 113 cm³/mol. The second-order valence-electron chi connectivity index (χ2n) is 6.65. The SMILES string of the molecule is CCOC(=O)c1cnn(-c2ccc(C(=O)Nc3ccc(F)c(NC(C)=O)c3)cc2)c1C. The largest absolute Gasteiger partial charge is 0.462 e. The molecule has 0 bridgehead atoms. The van der Waals surface area contributed by atoms with Crippen LogP contribution in [0.5, 0.6) is 0 Å². The fourth-order valence-corrected chi connectivity index (χ4v) is 2.92. The monoisotopic (exact) mass is 424 g/mol. The van der Waals surface area contributed by atoms with Gasteiger partial charge in [-0.25, -0.2) is 13.9 Å². The van der Waals surface area contributed by atoms with Gasteiger partial charge in [0.1, 0.15) is 11.4 Å². The molecule has 0 saturated carbocycles. The van der Waals surface area contributed by atoms with Gasteiger partial charge >= 0.3 is 5.97 Å². The van der Waals surface area contributed by atoms with Crippen molar-refractivity contribution in [3.8, 4) is 5.69 Å². The van der Waals surface area contributed by atoms with Crippen molar-refractivity contribution in [2.24, 2.45) is 0 Å². The van der Waals surface area contributed by atoms with Gasteiger partial charge < -0.3 is 15.4 Å². The fourth-order valence-electron chi connectivity index (χ4n) is 2.92. The van der Waals surface area contributed by atoms with Gasteiger partial charge in [0.2, 0.25) is 5.91 Å². The number of rotatable bonds is 6. The van der Waals surface area contributed by atoms with Gasteiger partial charge in [-0.3, -0.25) is 9.59 Å². The van der Waals surface area contributed by atoms with Crippen LogP contribution in [0.2, 0.25) is 0 Å². The van der Waals surface area contributed by atoms with Crippen LogP contribution in [0.3, 0.4) is 0 Å². The molecule has 9 heteroatoms. The van der Waals surface area contributed by atoms with E-state index in [1.54, 1.807) is 42.8 Å². The molecule has 2 aromatic carbocycles. The average molecular weight is 424 g/mol. The van der Waals surface area contributed by atoms with Crippen LogP contribution < -0.4 is 10.6 Å². The lowest BCUT2D eigenvalue weighted by Crippen LogP contribution is -2.13. The molecule has 0 aliphatic carbocycles. The maximum atomic E-state index is 13.8. The molecule has 0 radical (unpaired) electrons. The van der Waals surface area contributed by atoms with Gasteiger partial charge in [-0.2, -0.15) is 5.10 Å². The van der Waals surface area contributed by atoms with Crippen LogP contribution in [-0.2, 0) is 9.53 Å². The van der Waals surface area contributed by atoms with E-state index >= 15 is 0 Å². The molecular formula is C22H21FN4O4. The van der Waals surface area contributed by atoms with Crippen LogP contribution in [-0.4, -0.2) is 34.2 Å². The number of aromatic nitrogens is 2. The summed E-state index contributed by atoms with van der Waals surface area (Å²) in [4.78, 5) is 35.7. The molecule has 2 amide bonds. The number of hydrogen-bond acceptors (Lipinski definition) is 5. The number of nitrogens with zero attached hydrogens (tertiary/aromatic N) is 2. The van der Waals surface area contributed by atoms with Crippen LogP contribution >= 0.6 is 0 Å². The first-order chi connectivity index (χ1) is 14.8. The van der Waals surface area contributed by atoms with E-state index in [1.807, 2.05) is 0 Å². The summed E-state index contributed by atoms with van der Waals surface area (Å²) >= 11 is 0. The Hall–Kier alpha value is -4.01. The maximum absolute atomic E-state index is 13.8. The highest BCUT2D eigenvalue weighted by Gasteiger charge is 2.16. The third kappa shape index (κ3) is 4.95. The van der Waals surface area contributed by atoms with Crippen LogP contribution in [0.1, 0.15) is 40.3 Å². The van der Waals surface area contributed by atoms with E-state index in [9.17, 15) is 18.8 Å². The zero-order valence-electron chi connectivity index (χ0n) is 17.2. The summed E-state index contributed by atoms with van der Waals surface area (Å²) < 4.78 is 20.3. The Morgan fingerprint density at radius 1 is 1.10 bits per heavy atom. The van der Waals surface area contributed by atoms with Crippen molar-refractivity contribution in [3.63, 3.8) is 0 Å². The second-order valence-corrected chi connectivity index (χ2v) is 6.65. The Kier molecular flexibility index (Phi) is 6.44. The summed E-state index contributed by atoms with van der Waals surface area (Å²) in [6.45, 7) is 5.02. The lowest BCUT2D eigenvalue weighted by molar-refractivity contribution is -0.114. The number of benzene rings is 2. The number of carbonyl (C=O) groups is 3. The van der Waals surface area contributed by atoms with Crippen molar-refractivity contribution in [1.29, 1.82) is 0 Å². The molecule has 3 aromatic rings. The lowest BCUT2D eigenvalue weighted by Gasteiger charge is -2.10. The Balaban J connectivity index is 1.76. The summed E-state index contributed by atoms with van der Waals surface area (Å²) in [6, 6.07) is 10.5. The molecule has 0 unspecified atom stereocenters. The summed E-state index contributed by atoms with van der Waals surface area (Å²) in [7, 11) is 0. The van der Waals surface area contributed by atoms with Crippen LogP contribution in [0.4, 0.5) is 15.8 Å². The number of nitrogens with one attached hydrogen (secondary N) is 2. The van der Waals surface area contributed by atoms with E-state index in [0.717, 1.165) is 6.07 Å². The van der Waals surface area contributed by atoms with Gasteiger partial charge in [0, 0.05) is 18.2 Å². The number of ether oxygens (including phenoxy) is 1. The quantitative estimate of drug-likeness (QED) is 0.588. The van der Waals surface area contributed by atoms with Gasteiger partial charge in [-0.05, 0) is 56.3 Å². The Labute approximate surface area is 178 Å². The molecule has 2 N–H and O–H groups in total. The molecular weight excluding hydrogens is 403 g/mol. The Morgan fingerprint density at radius 3 is 2.45 bits per heavy atom. The van der Waals surface area contributed by atoms with E-state index in [-0.39, 0.29) is 12.3 Å². The fraction of sp³-hybridized carbons (Fsp3) is 0.182. The molecule has 0 fully saturated rings. The number of hydrogen-bond donors (Lipinski definition) is 2. The molecule has 160 valence electrons. The molecule has 1 heterocycles. The molecule has 0 saturated heterocycles. The maximum Gasteiger partial charge on any atom is 0.341 e. The Bertz CT molecular complexity index is 1140. The average Bonchev–Trinajstić information content (AvgIpc) is 3.12. The first-order valence-corrected chi connectivity index (χ1v) is 9.50. The third-order valence-electron chi connectivity index (χ3n) is 4.41. The highest BCUT2D eigenvalue weighted by Crippen LogP contribution is 2.21. The summed E-state index contributed by atoms with van der Waals surface area (Å²) in [6.07, 6.45) is 1.44. The van der Waals surface area contributed by atoms with Crippen molar-refractivity contribution in [2.75, 3.05) is 17.2 Å². The van der Waals surface area contributed by atoms with Gasteiger partial charge in [-0.1, -0.05) is 0 Å². The van der Waals surface area contributed by atoms with Crippen molar-refractivity contribution < 1.29 is 23.5 Å². The molecule has 1 aromatic heterocycles. The molecule has 8 nitrogen and oxygen atoms in total. The number of carbonyl (C=O) groups excluding carboxylic acids is 3. The zero-order valence-corrected chi connectivity index (χ0v) is 17.2. The topological polar surface area (TPSA) is 102 Å². The van der Waals surface area contributed by atoms with Crippen molar-refractivity contribution in [1.82, 2.24) is 9.78 Å². The first-order valence-electron chi connectivity index (χ1n) is 9.50. The molecule has 0 spiro atoms. The lowest BCUT2D eigenvalue weighted by atomic mass is 10.1.